The van der Waals surface area contributed by atoms with Gasteiger partial charge in [0, 0.05) is 5.39 Å². The summed E-state index contributed by atoms with van der Waals surface area (Å²) in [7, 11) is 0. The maximum Gasteiger partial charge on any atom is 0.438 e. The highest BCUT2D eigenvalue weighted by atomic mass is 19.4. The molecular formula is C20H16F3N3O. The number of rotatable bonds is 2. The van der Waals surface area contributed by atoms with Crippen LogP contribution in [0, 0.1) is 6.92 Å². The van der Waals surface area contributed by atoms with Crippen LogP contribution in [0.15, 0.2) is 65.8 Å². The molecule has 7 heteroatoms. The van der Waals surface area contributed by atoms with E-state index in [-0.39, 0.29) is 11.5 Å². The zero-order chi connectivity index (χ0) is 19.2. The molecule has 0 bridgehead atoms. The van der Waals surface area contributed by atoms with Crippen molar-refractivity contribution in [3.8, 4) is 0 Å². The van der Waals surface area contributed by atoms with Crippen molar-refractivity contribution in [2.75, 3.05) is 5.01 Å². The fourth-order valence-corrected chi connectivity index (χ4v) is 3.24. The SMILES string of the molecule is Cc1cc(N2N=C(c3ccccc3)CC2(O)C(F)(F)F)nc2ccccc12. The largest absolute Gasteiger partial charge is 0.438 e. The Kier molecular flexibility index (Phi) is 3.92. The fourth-order valence-electron chi connectivity index (χ4n) is 3.24. The van der Waals surface area contributed by atoms with E-state index in [0.717, 1.165) is 10.9 Å². The Morgan fingerprint density at radius 2 is 1.70 bits per heavy atom. The van der Waals surface area contributed by atoms with Crippen molar-refractivity contribution in [2.45, 2.75) is 25.2 Å². The molecular weight excluding hydrogens is 355 g/mol. The van der Waals surface area contributed by atoms with E-state index in [1.165, 1.54) is 6.07 Å². The Balaban J connectivity index is 1.88. The first-order valence-electron chi connectivity index (χ1n) is 8.38. The number of hydrogen-bond donors (Lipinski definition) is 1. The van der Waals surface area contributed by atoms with Crippen LogP contribution in [0.3, 0.4) is 0 Å². The molecule has 0 saturated carbocycles. The Morgan fingerprint density at radius 3 is 2.41 bits per heavy atom. The summed E-state index contributed by atoms with van der Waals surface area (Å²) < 4.78 is 41.4. The second-order valence-electron chi connectivity index (χ2n) is 6.53. The first kappa shape index (κ1) is 17.5. The number of aryl methyl sites for hydroxylation is 1. The van der Waals surface area contributed by atoms with Crippen LogP contribution in [0.5, 0.6) is 0 Å². The summed E-state index contributed by atoms with van der Waals surface area (Å²) in [6.45, 7) is 1.79. The molecule has 2 heterocycles. The van der Waals surface area contributed by atoms with Gasteiger partial charge < -0.3 is 5.11 Å². The van der Waals surface area contributed by atoms with Gasteiger partial charge in [-0.15, -0.1) is 0 Å². The van der Waals surface area contributed by atoms with Crippen LogP contribution in [0.1, 0.15) is 17.5 Å². The molecule has 1 aliphatic rings. The molecule has 0 spiro atoms. The van der Waals surface area contributed by atoms with E-state index < -0.39 is 18.3 Å². The van der Waals surface area contributed by atoms with Crippen LogP contribution in [0.2, 0.25) is 0 Å². The van der Waals surface area contributed by atoms with Gasteiger partial charge in [-0.05, 0) is 30.2 Å². The predicted octanol–water partition coefficient (Wildman–Crippen LogP) is 4.41. The van der Waals surface area contributed by atoms with Gasteiger partial charge in [-0.3, -0.25) is 0 Å². The lowest BCUT2D eigenvalue weighted by Crippen LogP contribution is -2.55. The van der Waals surface area contributed by atoms with Gasteiger partial charge in [-0.1, -0.05) is 48.5 Å². The van der Waals surface area contributed by atoms with E-state index in [1.807, 2.05) is 12.1 Å². The quantitative estimate of drug-likeness (QED) is 0.726. The lowest BCUT2D eigenvalue weighted by Gasteiger charge is -2.33. The molecule has 0 aliphatic carbocycles. The second-order valence-corrected chi connectivity index (χ2v) is 6.53. The van der Waals surface area contributed by atoms with Crippen molar-refractivity contribution in [1.82, 2.24) is 4.98 Å². The van der Waals surface area contributed by atoms with Crippen molar-refractivity contribution >= 4 is 22.4 Å². The number of fused-ring (bicyclic) bond motifs is 1. The normalized spacial score (nSPS) is 20.2. The maximum absolute atomic E-state index is 13.8. The number of aliphatic hydroxyl groups is 1. The van der Waals surface area contributed by atoms with E-state index in [2.05, 4.69) is 10.1 Å². The van der Waals surface area contributed by atoms with Crippen LogP contribution >= 0.6 is 0 Å². The molecule has 1 N–H and O–H groups in total. The third kappa shape index (κ3) is 2.84. The standard InChI is InChI=1S/C20H16F3N3O/c1-13-11-18(24-16-10-6-5-9-15(13)16)26-19(27,20(21,22)23)12-17(25-26)14-7-3-2-4-8-14/h2-11,27H,12H2,1H3. The number of halogens is 3. The van der Waals surface area contributed by atoms with E-state index in [1.54, 1.807) is 49.4 Å². The molecule has 27 heavy (non-hydrogen) atoms. The molecule has 3 aromatic rings. The minimum atomic E-state index is -4.91. The van der Waals surface area contributed by atoms with Crippen LogP contribution in [-0.4, -0.2) is 27.7 Å². The zero-order valence-corrected chi connectivity index (χ0v) is 14.4. The number of benzene rings is 2. The molecule has 1 unspecified atom stereocenters. The topological polar surface area (TPSA) is 48.7 Å². The number of pyridine rings is 1. The van der Waals surface area contributed by atoms with Crippen LogP contribution < -0.4 is 5.01 Å². The van der Waals surface area contributed by atoms with Crippen LogP contribution in [0.25, 0.3) is 10.9 Å². The third-order valence-corrected chi connectivity index (χ3v) is 4.67. The average molecular weight is 371 g/mol. The molecule has 0 fully saturated rings. The second kappa shape index (κ2) is 6.06. The van der Waals surface area contributed by atoms with E-state index >= 15 is 0 Å². The van der Waals surface area contributed by atoms with Gasteiger partial charge in [-0.2, -0.15) is 18.3 Å². The lowest BCUT2D eigenvalue weighted by atomic mass is 10.0. The maximum atomic E-state index is 13.8. The molecule has 0 amide bonds. The molecule has 1 aliphatic heterocycles. The Morgan fingerprint density at radius 1 is 1.04 bits per heavy atom. The van der Waals surface area contributed by atoms with Crippen LogP contribution in [0.4, 0.5) is 19.0 Å². The van der Waals surface area contributed by atoms with Crippen LogP contribution in [-0.2, 0) is 0 Å². The summed E-state index contributed by atoms with van der Waals surface area (Å²) in [5, 5.41) is 16.1. The first-order chi connectivity index (χ1) is 12.8. The van der Waals surface area contributed by atoms with E-state index in [9.17, 15) is 18.3 Å². The summed E-state index contributed by atoms with van der Waals surface area (Å²) in [5.41, 5.74) is -1.17. The highest BCUT2D eigenvalue weighted by molar-refractivity contribution is 6.03. The van der Waals surface area contributed by atoms with Crippen molar-refractivity contribution < 1.29 is 18.3 Å². The minimum Gasteiger partial charge on any atom is -0.362 e. The van der Waals surface area contributed by atoms with Gasteiger partial charge >= 0.3 is 6.18 Å². The smallest absolute Gasteiger partial charge is 0.362 e. The van der Waals surface area contributed by atoms with E-state index in [0.29, 0.717) is 16.1 Å². The number of alkyl halides is 3. The number of hydrogen-bond acceptors (Lipinski definition) is 4. The molecule has 1 atom stereocenters. The highest BCUT2D eigenvalue weighted by Gasteiger charge is 2.62. The monoisotopic (exact) mass is 371 g/mol. The van der Waals surface area contributed by atoms with Gasteiger partial charge in [-0.25, -0.2) is 9.99 Å². The van der Waals surface area contributed by atoms with Crippen molar-refractivity contribution in [1.29, 1.82) is 0 Å². The number of aromatic nitrogens is 1. The predicted molar refractivity (Wildman–Crippen MR) is 97.6 cm³/mol. The lowest BCUT2D eigenvalue weighted by molar-refractivity contribution is -0.254. The first-order valence-corrected chi connectivity index (χ1v) is 8.38. The summed E-state index contributed by atoms with van der Waals surface area (Å²) in [6.07, 6.45) is -5.58. The fraction of sp³-hybridized carbons (Fsp3) is 0.200. The minimum absolute atomic E-state index is 0.0445. The van der Waals surface area contributed by atoms with Gasteiger partial charge in [0.1, 0.15) is 0 Å². The zero-order valence-electron chi connectivity index (χ0n) is 14.4. The Labute approximate surface area is 153 Å². The van der Waals surface area contributed by atoms with Crippen molar-refractivity contribution in [3.63, 3.8) is 0 Å². The van der Waals surface area contributed by atoms with E-state index in [4.69, 9.17) is 0 Å². The van der Waals surface area contributed by atoms with Crippen molar-refractivity contribution in [3.05, 3.63) is 71.8 Å². The molecule has 2 aromatic carbocycles. The summed E-state index contributed by atoms with van der Waals surface area (Å²) in [6, 6.07) is 17.2. The van der Waals surface area contributed by atoms with Crippen molar-refractivity contribution in [2.24, 2.45) is 5.10 Å². The molecule has 0 radical (unpaired) electrons. The number of nitrogens with zero attached hydrogens (tertiary/aromatic N) is 3. The summed E-state index contributed by atoms with van der Waals surface area (Å²) in [4.78, 5) is 4.31. The summed E-state index contributed by atoms with van der Waals surface area (Å²) in [5.74, 6) is -0.0445. The molecule has 138 valence electrons. The number of hydrazone groups is 1. The third-order valence-electron chi connectivity index (χ3n) is 4.67. The summed E-state index contributed by atoms with van der Waals surface area (Å²) >= 11 is 0. The van der Waals surface area contributed by atoms with Gasteiger partial charge in [0.15, 0.2) is 5.82 Å². The molecule has 1 aromatic heterocycles. The highest BCUT2D eigenvalue weighted by Crippen LogP contribution is 2.43. The molecule has 4 rings (SSSR count). The molecule has 0 saturated heterocycles. The van der Waals surface area contributed by atoms with Gasteiger partial charge in [0.2, 0.25) is 0 Å². The van der Waals surface area contributed by atoms with Gasteiger partial charge in [0.05, 0.1) is 17.6 Å². The molecule has 4 nitrogen and oxygen atoms in total. The number of para-hydroxylation sites is 1. The number of anilines is 1. The van der Waals surface area contributed by atoms with Gasteiger partial charge in [0.25, 0.3) is 5.72 Å². The Bertz CT molecular complexity index is 1030. The average Bonchev–Trinajstić information content (AvgIpc) is 3.01. The Hall–Kier alpha value is -2.93.